The van der Waals surface area contributed by atoms with E-state index in [0.29, 0.717) is 17.8 Å². The van der Waals surface area contributed by atoms with Crippen molar-refractivity contribution >= 4 is 11.9 Å². The number of nitrogens with zero attached hydrogens (tertiary/aromatic N) is 3. The third kappa shape index (κ3) is 2.32. The Bertz CT molecular complexity index is 1010. The average Bonchev–Trinajstić information content (AvgIpc) is 3.19. The highest BCUT2D eigenvalue weighted by atomic mass is 16.3. The van der Waals surface area contributed by atoms with Gasteiger partial charge >= 0.3 is 0 Å². The molecular weight excluding hydrogens is 290 g/mol. The largest absolute Gasteiger partial charge is 0.453 e. The molecule has 5 nitrogen and oxygen atoms in total. The van der Waals surface area contributed by atoms with E-state index >= 15 is 0 Å². The highest BCUT2D eigenvalue weighted by Crippen LogP contribution is 2.27. The number of aldehydes is 1. The number of furan rings is 1. The first-order valence-corrected chi connectivity index (χ1v) is 7.22. The normalized spacial score (nSPS) is 11.0. The van der Waals surface area contributed by atoms with Crippen molar-refractivity contribution in [3.8, 4) is 22.6 Å². The number of benzene rings is 1. The van der Waals surface area contributed by atoms with Gasteiger partial charge in [-0.3, -0.25) is 4.79 Å². The highest BCUT2D eigenvalue weighted by molar-refractivity contribution is 5.74. The lowest BCUT2D eigenvalue weighted by Gasteiger charge is -2.06. The van der Waals surface area contributed by atoms with Gasteiger partial charge in [0.1, 0.15) is 5.76 Å². The van der Waals surface area contributed by atoms with Gasteiger partial charge in [-0.25, -0.2) is 9.50 Å². The topological polar surface area (TPSA) is 60.4 Å². The van der Waals surface area contributed by atoms with Crippen LogP contribution in [0.15, 0.2) is 59.1 Å². The van der Waals surface area contributed by atoms with E-state index in [1.54, 1.807) is 18.3 Å². The van der Waals surface area contributed by atoms with Crippen molar-refractivity contribution in [3.63, 3.8) is 0 Å². The maximum Gasteiger partial charge on any atom is 0.185 e. The molecule has 0 bridgehead atoms. The first-order chi connectivity index (χ1) is 11.2. The lowest BCUT2D eigenvalue weighted by atomic mass is 10.1. The van der Waals surface area contributed by atoms with Crippen LogP contribution in [-0.2, 0) is 0 Å². The molecular formula is C18H13N3O2. The second kappa shape index (κ2) is 5.21. The van der Waals surface area contributed by atoms with Gasteiger partial charge in [0, 0.05) is 23.4 Å². The zero-order valence-corrected chi connectivity index (χ0v) is 12.4. The monoisotopic (exact) mass is 303 g/mol. The summed E-state index contributed by atoms with van der Waals surface area (Å²) in [6.45, 7) is 1.94. The van der Waals surface area contributed by atoms with Gasteiger partial charge in [-0.1, -0.05) is 18.2 Å². The second-order valence-electron chi connectivity index (χ2n) is 5.29. The van der Waals surface area contributed by atoms with Crippen LogP contribution in [0.5, 0.6) is 0 Å². The van der Waals surface area contributed by atoms with E-state index < -0.39 is 0 Å². The van der Waals surface area contributed by atoms with E-state index in [9.17, 15) is 4.79 Å². The van der Waals surface area contributed by atoms with Crippen molar-refractivity contribution in [2.75, 3.05) is 0 Å². The Morgan fingerprint density at radius 3 is 2.78 bits per heavy atom. The molecule has 4 rings (SSSR count). The molecule has 0 aliphatic rings. The van der Waals surface area contributed by atoms with Crippen LogP contribution in [-0.4, -0.2) is 20.9 Å². The second-order valence-corrected chi connectivity index (χ2v) is 5.29. The van der Waals surface area contributed by atoms with E-state index in [4.69, 9.17) is 4.42 Å². The minimum absolute atomic E-state index is 0.319. The lowest BCUT2D eigenvalue weighted by molar-refractivity contribution is 0.110. The molecule has 0 N–H and O–H groups in total. The van der Waals surface area contributed by atoms with Crippen LogP contribution < -0.4 is 0 Å². The van der Waals surface area contributed by atoms with Crippen LogP contribution in [0.1, 0.15) is 16.2 Å². The molecule has 0 fully saturated rings. The molecule has 0 atom stereocenters. The van der Waals surface area contributed by atoms with Crippen LogP contribution in [0, 0.1) is 6.92 Å². The molecule has 112 valence electrons. The molecule has 3 heterocycles. The number of aryl methyl sites for hydroxylation is 1. The first kappa shape index (κ1) is 13.5. The van der Waals surface area contributed by atoms with Crippen LogP contribution >= 0.6 is 0 Å². The summed E-state index contributed by atoms with van der Waals surface area (Å²) < 4.78 is 7.33. The maximum atomic E-state index is 10.8. The molecule has 0 aliphatic heterocycles. The van der Waals surface area contributed by atoms with Gasteiger partial charge in [0.05, 0.1) is 11.4 Å². The minimum Gasteiger partial charge on any atom is -0.453 e. The third-order valence-electron chi connectivity index (χ3n) is 3.67. The Kier molecular flexibility index (Phi) is 3.05. The van der Waals surface area contributed by atoms with Gasteiger partial charge in [0.25, 0.3) is 0 Å². The number of hydrogen-bond acceptors (Lipinski definition) is 4. The fourth-order valence-electron chi connectivity index (χ4n) is 2.63. The summed E-state index contributed by atoms with van der Waals surface area (Å²) in [5.74, 6) is 0.982. The lowest BCUT2D eigenvalue weighted by Crippen LogP contribution is -1.95. The first-order valence-electron chi connectivity index (χ1n) is 7.22. The van der Waals surface area contributed by atoms with E-state index in [2.05, 4.69) is 10.1 Å². The highest BCUT2D eigenvalue weighted by Gasteiger charge is 2.09. The zero-order chi connectivity index (χ0) is 15.8. The van der Waals surface area contributed by atoms with E-state index in [0.717, 1.165) is 28.2 Å². The number of hydrogen-bond donors (Lipinski definition) is 0. The van der Waals surface area contributed by atoms with E-state index in [1.165, 1.54) is 0 Å². The third-order valence-corrected chi connectivity index (χ3v) is 3.67. The fourth-order valence-corrected chi connectivity index (χ4v) is 2.63. The fraction of sp³-hybridized carbons (Fsp3) is 0.0556. The van der Waals surface area contributed by atoms with Gasteiger partial charge in [0.15, 0.2) is 17.7 Å². The Morgan fingerprint density at radius 2 is 1.96 bits per heavy atom. The number of fused-ring (bicyclic) bond motifs is 1. The summed E-state index contributed by atoms with van der Waals surface area (Å²) in [5, 5.41) is 4.49. The van der Waals surface area contributed by atoms with Gasteiger partial charge in [0.2, 0.25) is 0 Å². The average molecular weight is 303 g/mol. The molecule has 0 spiro atoms. The number of rotatable bonds is 3. The van der Waals surface area contributed by atoms with Crippen LogP contribution in [0.25, 0.3) is 28.2 Å². The molecule has 0 radical (unpaired) electrons. The van der Waals surface area contributed by atoms with Crippen molar-refractivity contribution in [2.24, 2.45) is 0 Å². The molecule has 4 aromatic rings. The summed E-state index contributed by atoms with van der Waals surface area (Å²) in [6, 6.07) is 15.3. The summed E-state index contributed by atoms with van der Waals surface area (Å²) in [6.07, 6.45) is 2.47. The van der Waals surface area contributed by atoms with Gasteiger partial charge in [-0.15, -0.1) is 0 Å². The number of aromatic nitrogens is 3. The Morgan fingerprint density at radius 1 is 1.09 bits per heavy atom. The molecule has 0 amide bonds. The van der Waals surface area contributed by atoms with Gasteiger partial charge in [-0.05, 0) is 31.2 Å². The van der Waals surface area contributed by atoms with Crippen LogP contribution in [0.3, 0.4) is 0 Å². The van der Waals surface area contributed by atoms with Gasteiger partial charge < -0.3 is 4.42 Å². The van der Waals surface area contributed by atoms with Gasteiger partial charge in [-0.2, -0.15) is 5.10 Å². The molecule has 0 unspecified atom stereocenters. The predicted molar refractivity (Wildman–Crippen MR) is 86.2 cm³/mol. The Labute approximate surface area is 132 Å². The molecule has 5 heteroatoms. The summed E-state index contributed by atoms with van der Waals surface area (Å²) in [5.41, 5.74) is 4.59. The molecule has 23 heavy (non-hydrogen) atoms. The maximum absolute atomic E-state index is 10.8. The number of carbonyl (C=O) groups is 1. The van der Waals surface area contributed by atoms with Crippen molar-refractivity contribution < 1.29 is 9.21 Å². The molecule has 1 aromatic carbocycles. The Hall–Kier alpha value is -3.21. The molecule has 0 saturated heterocycles. The van der Waals surface area contributed by atoms with E-state index in [-0.39, 0.29) is 0 Å². The van der Waals surface area contributed by atoms with Crippen LogP contribution in [0.2, 0.25) is 0 Å². The van der Waals surface area contributed by atoms with Crippen molar-refractivity contribution in [1.82, 2.24) is 14.6 Å². The van der Waals surface area contributed by atoms with E-state index in [1.807, 2.05) is 47.8 Å². The summed E-state index contributed by atoms with van der Waals surface area (Å²) >= 11 is 0. The number of carbonyl (C=O) groups excluding carboxylic acids is 1. The van der Waals surface area contributed by atoms with Crippen molar-refractivity contribution in [1.29, 1.82) is 0 Å². The minimum atomic E-state index is 0.319. The van der Waals surface area contributed by atoms with Crippen molar-refractivity contribution in [3.05, 3.63) is 66.2 Å². The quantitative estimate of drug-likeness (QED) is 0.540. The molecule has 3 aromatic heterocycles. The standard InChI is InChI=1S/C18H13N3O2/c1-12-9-18-19-8-7-16(21(18)20-12)13-3-2-4-14(10-13)17-6-5-15(11-22)23-17/h2-11H,1H3. The molecule has 0 saturated carbocycles. The zero-order valence-electron chi connectivity index (χ0n) is 12.4. The SMILES string of the molecule is Cc1cc2nccc(-c3cccc(-c4ccc(C=O)o4)c3)n2n1. The summed E-state index contributed by atoms with van der Waals surface area (Å²) in [4.78, 5) is 15.1. The summed E-state index contributed by atoms with van der Waals surface area (Å²) in [7, 11) is 0. The smallest absolute Gasteiger partial charge is 0.185 e. The van der Waals surface area contributed by atoms with Crippen LogP contribution in [0.4, 0.5) is 0 Å². The molecule has 0 aliphatic carbocycles. The Balaban J connectivity index is 1.85. The van der Waals surface area contributed by atoms with Crippen molar-refractivity contribution in [2.45, 2.75) is 6.92 Å². The predicted octanol–water partition coefficient (Wildman–Crippen LogP) is 3.78.